The molecule has 1 unspecified atom stereocenters. The van der Waals surface area contributed by atoms with E-state index in [2.05, 4.69) is 53.1 Å². The van der Waals surface area contributed by atoms with Crippen molar-refractivity contribution in [1.82, 2.24) is 0 Å². The molecule has 4 heteroatoms. The Balaban J connectivity index is 2.33. The van der Waals surface area contributed by atoms with Crippen LogP contribution in [0, 0.1) is 10.5 Å². The first-order valence-corrected chi connectivity index (χ1v) is 7.01. The Labute approximate surface area is 105 Å². The van der Waals surface area contributed by atoms with E-state index in [1.807, 2.05) is 0 Å². The molecule has 2 heterocycles. The number of hydrogen-bond acceptors (Lipinski definition) is 3. The van der Waals surface area contributed by atoms with Crippen molar-refractivity contribution in [3.63, 3.8) is 0 Å². The quantitative estimate of drug-likeness (QED) is 0.831. The highest BCUT2D eigenvalue weighted by molar-refractivity contribution is 14.1. The van der Waals surface area contributed by atoms with Gasteiger partial charge in [-0.05, 0) is 53.1 Å². The number of thiophene rings is 2. The first kappa shape index (κ1) is 10.6. The average molecular weight is 335 g/mol. The minimum absolute atomic E-state index is 0.0561. The lowest BCUT2D eigenvalue weighted by Crippen LogP contribution is -2.09. The van der Waals surface area contributed by atoms with Crippen LogP contribution in [0.1, 0.15) is 20.7 Å². The third-order valence-electron chi connectivity index (χ3n) is 1.99. The highest BCUT2D eigenvalue weighted by atomic mass is 127. The molecule has 2 N–H and O–H groups in total. The van der Waals surface area contributed by atoms with E-state index in [9.17, 15) is 0 Å². The summed E-state index contributed by atoms with van der Waals surface area (Å²) in [6.07, 6.45) is 0. The van der Waals surface area contributed by atoms with Gasteiger partial charge in [0.2, 0.25) is 0 Å². The minimum Gasteiger partial charge on any atom is -0.319 e. The predicted octanol–water partition coefficient (Wildman–Crippen LogP) is 3.77. The maximum Gasteiger partial charge on any atom is 0.0750 e. The summed E-state index contributed by atoms with van der Waals surface area (Å²) < 4.78 is 1.27. The molecule has 1 atom stereocenters. The highest BCUT2D eigenvalue weighted by Crippen LogP contribution is 2.32. The molecule has 2 aromatic heterocycles. The van der Waals surface area contributed by atoms with E-state index in [1.165, 1.54) is 18.2 Å². The molecule has 2 aromatic rings. The van der Waals surface area contributed by atoms with Crippen LogP contribution in [0.4, 0.5) is 0 Å². The normalized spacial score (nSPS) is 13.1. The summed E-state index contributed by atoms with van der Waals surface area (Å²) in [4.78, 5) is 3.84. The lowest BCUT2D eigenvalue weighted by atomic mass is 10.2. The summed E-state index contributed by atoms with van der Waals surface area (Å²) >= 11 is 5.86. The third kappa shape index (κ3) is 2.03. The summed E-state index contributed by atoms with van der Waals surface area (Å²) in [6, 6.07) is 6.42. The van der Waals surface area contributed by atoms with Gasteiger partial charge < -0.3 is 5.73 Å². The molecule has 0 saturated carbocycles. The van der Waals surface area contributed by atoms with Gasteiger partial charge in [0.1, 0.15) is 0 Å². The SMILES string of the molecule is Cc1ccc(C(N)c2sccc2I)s1. The van der Waals surface area contributed by atoms with Gasteiger partial charge in [0.05, 0.1) is 6.04 Å². The van der Waals surface area contributed by atoms with Gasteiger partial charge in [0, 0.05) is 18.2 Å². The van der Waals surface area contributed by atoms with Gasteiger partial charge in [-0.15, -0.1) is 22.7 Å². The maximum atomic E-state index is 6.19. The van der Waals surface area contributed by atoms with Crippen molar-refractivity contribution in [2.45, 2.75) is 13.0 Å². The molecule has 0 saturated heterocycles. The number of halogens is 1. The Kier molecular flexibility index (Phi) is 3.26. The van der Waals surface area contributed by atoms with Crippen molar-refractivity contribution >= 4 is 45.3 Å². The second-order valence-corrected chi connectivity index (χ2v) is 6.49. The van der Waals surface area contributed by atoms with Crippen LogP contribution in [-0.2, 0) is 0 Å². The fourth-order valence-corrected chi connectivity index (χ4v) is 4.19. The molecule has 1 nitrogen and oxygen atoms in total. The summed E-state index contributed by atoms with van der Waals surface area (Å²) in [7, 11) is 0. The highest BCUT2D eigenvalue weighted by Gasteiger charge is 2.14. The van der Waals surface area contributed by atoms with E-state index in [0.717, 1.165) is 0 Å². The first-order chi connectivity index (χ1) is 6.68. The van der Waals surface area contributed by atoms with Crippen molar-refractivity contribution in [1.29, 1.82) is 0 Å². The van der Waals surface area contributed by atoms with Crippen LogP contribution in [-0.4, -0.2) is 0 Å². The molecule has 2 rings (SSSR count). The largest absolute Gasteiger partial charge is 0.319 e. The van der Waals surface area contributed by atoms with Crippen LogP contribution < -0.4 is 5.73 Å². The summed E-state index contributed by atoms with van der Waals surface area (Å²) in [5.41, 5.74) is 6.19. The van der Waals surface area contributed by atoms with Gasteiger partial charge in [-0.3, -0.25) is 0 Å². The second-order valence-electron chi connectivity index (χ2n) is 3.06. The zero-order valence-corrected chi connectivity index (χ0v) is 11.4. The van der Waals surface area contributed by atoms with Crippen LogP contribution in [0.3, 0.4) is 0 Å². The number of rotatable bonds is 2. The van der Waals surface area contributed by atoms with E-state index in [4.69, 9.17) is 5.73 Å². The van der Waals surface area contributed by atoms with Crippen molar-refractivity contribution in [2.24, 2.45) is 5.73 Å². The molecule has 0 bridgehead atoms. The molecule has 0 aliphatic rings. The Morgan fingerprint density at radius 1 is 1.36 bits per heavy atom. The van der Waals surface area contributed by atoms with Gasteiger partial charge in [-0.2, -0.15) is 0 Å². The van der Waals surface area contributed by atoms with Gasteiger partial charge in [-0.1, -0.05) is 0 Å². The lowest BCUT2D eigenvalue weighted by Gasteiger charge is -2.07. The first-order valence-electron chi connectivity index (χ1n) is 4.23. The average Bonchev–Trinajstić information content (AvgIpc) is 2.73. The van der Waals surface area contributed by atoms with Gasteiger partial charge >= 0.3 is 0 Å². The zero-order valence-electron chi connectivity index (χ0n) is 7.66. The summed E-state index contributed by atoms with van der Waals surface area (Å²) in [6.45, 7) is 2.11. The van der Waals surface area contributed by atoms with E-state index >= 15 is 0 Å². The van der Waals surface area contributed by atoms with Crippen LogP contribution in [0.25, 0.3) is 0 Å². The van der Waals surface area contributed by atoms with Gasteiger partial charge in [0.25, 0.3) is 0 Å². The van der Waals surface area contributed by atoms with E-state index < -0.39 is 0 Å². The fourth-order valence-electron chi connectivity index (χ4n) is 1.28. The van der Waals surface area contributed by atoms with Crippen LogP contribution >= 0.6 is 45.3 Å². The van der Waals surface area contributed by atoms with Gasteiger partial charge in [-0.25, -0.2) is 0 Å². The van der Waals surface area contributed by atoms with Crippen molar-refractivity contribution in [3.8, 4) is 0 Å². The molecule has 14 heavy (non-hydrogen) atoms. The molecule has 74 valence electrons. The van der Waals surface area contributed by atoms with Crippen molar-refractivity contribution in [3.05, 3.63) is 41.8 Å². The monoisotopic (exact) mass is 335 g/mol. The van der Waals surface area contributed by atoms with E-state index in [-0.39, 0.29) is 6.04 Å². The van der Waals surface area contributed by atoms with E-state index in [0.29, 0.717) is 0 Å². The van der Waals surface area contributed by atoms with Gasteiger partial charge in [0.15, 0.2) is 0 Å². The smallest absolute Gasteiger partial charge is 0.0750 e. The fraction of sp³-hybridized carbons (Fsp3) is 0.200. The van der Waals surface area contributed by atoms with E-state index in [1.54, 1.807) is 22.7 Å². The number of nitrogens with two attached hydrogens (primary N) is 1. The Morgan fingerprint density at radius 2 is 2.14 bits per heavy atom. The molecule has 0 amide bonds. The summed E-state index contributed by atoms with van der Waals surface area (Å²) in [5, 5.41) is 2.09. The Hall–Kier alpha value is 0.0900. The molecule has 0 aromatic carbocycles. The van der Waals surface area contributed by atoms with Crippen LogP contribution in [0.2, 0.25) is 0 Å². The molecular weight excluding hydrogens is 325 g/mol. The second kappa shape index (κ2) is 4.30. The van der Waals surface area contributed by atoms with Crippen LogP contribution in [0.15, 0.2) is 23.6 Å². The molecule has 0 radical (unpaired) electrons. The zero-order chi connectivity index (χ0) is 10.1. The molecular formula is C10H10INS2. The minimum atomic E-state index is 0.0561. The third-order valence-corrected chi connectivity index (χ3v) is 5.39. The summed E-state index contributed by atoms with van der Waals surface area (Å²) in [5.74, 6) is 0. The topological polar surface area (TPSA) is 26.0 Å². The predicted molar refractivity (Wildman–Crippen MR) is 72.1 cm³/mol. The number of hydrogen-bond donors (Lipinski definition) is 1. The molecule has 0 aliphatic carbocycles. The molecule has 0 fully saturated rings. The van der Waals surface area contributed by atoms with Crippen molar-refractivity contribution < 1.29 is 0 Å². The molecule has 0 spiro atoms. The van der Waals surface area contributed by atoms with Crippen molar-refractivity contribution in [2.75, 3.05) is 0 Å². The number of aryl methyl sites for hydroxylation is 1. The molecule has 0 aliphatic heterocycles. The standard InChI is InChI=1S/C10H10INS2/c1-6-2-3-8(14-6)9(12)10-7(11)4-5-13-10/h2-5,9H,12H2,1H3. The van der Waals surface area contributed by atoms with Crippen LogP contribution in [0.5, 0.6) is 0 Å². The Morgan fingerprint density at radius 3 is 2.64 bits per heavy atom. The lowest BCUT2D eigenvalue weighted by molar-refractivity contribution is 0.912. The maximum absolute atomic E-state index is 6.19. The Bertz CT molecular complexity index is 433.